The molecule has 3 N–H and O–H groups in total. The maximum absolute atomic E-state index is 13.9. The quantitative estimate of drug-likeness (QED) is 0.277. The fourth-order valence-corrected chi connectivity index (χ4v) is 6.42. The fraction of sp³-hybridized carbons (Fsp3) is 0.808. The number of hydrogen-bond donors (Lipinski definition) is 3. The van der Waals surface area contributed by atoms with Crippen LogP contribution in [0.3, 0.4) is 0 Å². The summed E-state index contributed by atoms with van der Waals surface area (Å²) in [5.74, 6) is -9.90. The summed E-state index contributed by atoms with van der Waals surface area (Å²) in [6.45, 7) is 7.66. The highest BCUT2D eigenvalue weighted by Gasteiger charge is 2.70. The normalized spacial score (nSPS) is 31.6. The predicted molar refractivity (Wildman–Crippen MR) is 137 cm³/mol. The van der Waals surface area contributed by atoms with Crippen LogP contribution in [0.2, 0.25) is 0 Å². The van der Waals surface area contributed by atoms with Gasteiger partial charge in [-0.2, -0.15) is 0 Å². The summed E-state index contributed by atoms with van der Waals surface area (Å²) in [6, 6.07) is -2.20. The lowest BCUT2D eigenvalue weighted by molar-refractivity contribution is -0.165. The lowest BCUT2D eigenvalue weighted by Gasteiger charge is -2.38. The van der Waals surface area contributed by atoms with Gasteiger partial charge in [0.25, 0.3) is 23.4 Å². The van der Waals surface area contributed by atoms with Crippen LogP contribution in [0.5, 0.6) is 0 Å². The molecule has 0 radical (unpaired) electrons. The van der Waals surface area contributed by atoms with Gasteiger partial charge in [-0.15, -0.1) is 0 Å². The molecule has 2 saturated heterocycles. The number of hydrazine groups is 1. The van der Waals surface area contributed by atoms with Gasteiger partial charge >= 0.3 is 0 Å². The number of halogens is 4. The number of carbonyl (C=O) groups is 5. The van der Waals surface area contributed by atoms with Gasteiger partial charge in [-0.25, -0.2) is 18.2 Å². The third-order valence-electron chi connectivity index (χ3n) is 9.39. The van der Waals surface area contributed by atoms with Crippen LogP contribution in [0.1, 0.15) is 53.4 Å². The number of piperidine rings is 1. The average Bonchev–Trinajstić information content (AvgIpc) is 3.22. The van der Waals surface area contributed by atoms with E-state index in [9.17, 15) is 37.1 Å². The van der Waals surface area contributed by atoms with E-state index >= 15 is 0 Å². The fourth-order valence-electron chi connectivity index (χ4n) is 6.31. The molecule has 0 aromatic rings. The van der Waals surface area contributed by atoms with Crippen molar-refractivity contribution in [2.45, 2.75) is 77.0 Å². The first-order chi connectivity index (χ1) is 18.6. The number of alkyl halides is 4. The Balaban J connectivity index is 1.55. The monoisotopic (exact) mass is 591 g/mol. The van der Waals surface area contributed by atoms with Gasteiger partial charge in [-0.05, 0) is 36.0 Å². The highest BCUT2D eigenvalue weighted by molar-refractivity contribution is 6.29. The van der Waals surface area contributed by atoms with Crippen LogP contribution >= 0.6 is 11.6 Å². The molecule has 14 heteroatoms. The molecule has 2 heterocycles. The van der Waals surface area contributed by atoms with E-state index in [-0.39, 0.29) is 49.1 Å². The summed E-state index contributed by atoms with van der Waals surface area (Å²) in [5, 5.41) is 5.82. The Morgan fingerprint density at radius 3 is 2.38 bits per heavy atom. The van der Waals surface area contributed by atoms with E-state index in [2.05, 4.69) is 16.1 Å². The van der Waals surface area contributed by atoms with E-state index in [0.29, 0.717) is 24.4 Å². The SMILES string of the molecule is CC[C@H](C)[C@H](NC(=O)C1CCC1(F)F)C(=O)N1C[C@H]2[C@@H]([C@H]1C(=O)NN(C[C@@H]1CCNC1=O)C(=O)[C@H](F)Cl)C2(C)C. The van der Waals surface area contributed by atoms with Crippen LogP contribution in [-0.4, -0.2) is 82.7 Å². The number of fused-ring (bicyclic) bond motifs is 1. The number of amides is 5. The van der Waals surface area contributed by atoms with Gasteiger partial charge in [0.05, 0.1) is 12.5 Å². The van der Waals surface area contributed by atoms with E-state index in [4.69, 9.17) is 11.6 Å². The minimum Gasteiger partial charge on any atom is -0.356 e. The van der Waals surface area contributed by atoms with Crippen LogP contribution in [0, 0.1) is 35.0 Å². The molecular formula is C26H37ClF3N5O5. The molecule has 8 atom stereocenters. The minimum absolute atomic E-state index is 0.0202. The number of rotatable bonds is 9. The lowest BCUT2D eigenvalue weighted by Crippen LogP contribution is -2.61. The topological polar surface area (TPSA) is 128 Å². The first-order valence-electron chi connectivity index (χ1n) is 13.8. The summed E-state index contributed by atoms with van der Waals surface area (Å²) in [6.07, 6.45) is 0.464. The summed E-state index contributed by atoms with van der Waals surface area (Å²) in [7, 11) is 0. The van der Waals surface area contributed by atoms with E-state index < -0.39 is 65.0 Å². The molecule has 2 saturated carbocycles. The minimum atomic E-state index is -3.13. The highest BCUT2D eigenvalue weighted by atomic mass is 35.5. The smallest absolute Gasteiger partial charge is 0.291 e. The zero-order valence-electron chi connectivity index (χ0n) is 23.0. The van der Waals surface area contributed by atoms with Crippen molar-refractivity contribution in [3.05, 3.63) is 0 Å². The van der Waals surface area contributed by atoms with E-state index in [1.165, 1.54) is 4.90 Å². The molecule has 2 aliphatic carbocycles. The van der Waals surface area contributed by atoms with Gasteiger partial charge in [0, 0.05) is 19.5 Å². The molecule has 0 bridgehead atoms. The van der Waals surface area contributed by atoms with Crippen molar-refractivity contribution in [3.8, 4) is 0 Å². The van der Waals surface area contributed by atoms with Crippen molar-refractivity contribution in [2.75, 3.05) is 19.6 Å². The number of hydrogen-bond acceptors (Lipinski definition) is 5. The number of likely N-dealkylation sites (tertiary alicyclic amines) is 1. The molecule has 5 amide bonds. The largest absolute Gasteiger partial charge is 0.356 e. The second kappa shape index (κ2) is 11.0. The Bertz CT molecular complexity index is 1080. The zero-order valence-corrected chi connectivity index (χ0v) is 23.8. The third kappa shape index (κ3) is 5.49. The molecule has 4 rings (SSSR count). The molecule has 4 aliphatic rings. The van der Waals surface area contributed by atoms with Gasteiger partial charge in [-0.3, -0.25) is 29.4 Å². The number of nitrogens with one attached hydrogen (secondary N) is 3. The van der Waals surface area contributed by atoms with E-state index in [1.54, 1.807) is 13.8 Å². The average molecular weight is 592 g/mol. The maximum Gasteiger partial charge on any atom is 0.291 e. The van der Waals surface area contributed by atoms with Crippen LogP contribution < -0.4 is 16.1 Å². The summed E-state index contributed by atoms with van der Waals surface area (Å²) in [5.41, 5.74) is -0.378. The molecule has 1 unspecified atom stereocenters. The van der Waals surface area contributed by atoms with Gasteiger partial charge in [0.1, 0.15) is 18.0 Å². The molecule has 4 fully saturated rings. The van der Waals surface area contributed by atoms with Crippen molar-refractivity contribution in [3.63, 3.8) is 0 Å². The molecule has 224 valence electrons. The van der Waals surface area contributed by atoms with Crippen LogP contribution in [-0.2, 0) is 24.0 Å². The molecule has 0 spiro atoms. The van der Waals surface area contributed by atoms with E-state index in [0.717, 1.165) is 0 Å². The first-order valence-corrected chi connectivity index (χ1v) is 14.2. The molecule has 40 heavy (non-hydrogen) atoms. The standard InChI is InChI=1S/C26H37ClF3N5O5/c1-5-12(2)17(32-21(37)14-6-8-26(14,29)30)23(39)34-11-15-16(25(15,3)4)18(34)22(38)33-35(24(40)19(27)28)10-13-7-9-31-20(13)36/h12-19H,5-11H2,1-4H3,(H,31,36)(H,32,37)(H,33,38)/t12-,13-,14?,15-,16-,17-,18-,19-/m0/s1. The lowest BCUT2D eigenvalue weighted by atomic mass is 9.79. The maximum atomic E-state index is 13.9. The number of nitrogens with zero attached hydrogens (tertiary/aromatic N) is 2. The zero-order chi connectivity index (χ0) is 29.7. The van der Waals surface area contributed by atoms with Gasteiger partial charge in [0.2, 0.25) is 17.7 Å². The Labute approximate surface area is 236 Å². The predicted octanol–water partition coefficient (Wildman–Crippen LogP) is 1.58. The first kappa shape index (κ1) is 30.4. The molecular weight excluding hydrogens is 555 g/mol. The summed E-state index contributed by atoms with van der Waals surface area (Å²) >= 11 is 5.38. The van der Waals surface area contributed by atoms with Crippen molar-refractivity contribution >= 4 is 41.1 Å². The molecule has 0 aromatic carbocycles. The Morgan fingerprint density at radius 1 is 1.20 bits per heavy atom. The van der Waals surface area contributed by atoms with Crippen LogP contribution in [0.15, 0.2) is 0 Å². The Morgan fingerprint density at radius 2 is 1.88 bits per heavy atom. The van der Waals surface area contributed by atoms with Crippen LogP contribution in [0.4, 0.5) is 13.2 Å². The van der Waals surface area contributed by atoms with E-state index in [1.807, 2.05) is 13.8 Å². The Kier molecular flexibility index (Phi) is 8.37. The Hall–Kier alpha value is -2.57. The highest BCUT2D eigenvalue weighted by Crippen LogP contribution is 2.65. The van der Waals surface area contributed by atoms with Crippen molar-refractivity contribution < 1.29 is 37.1 Å². The van der Waals surface area contributed by atoms with Gasteiger partial charge < -0.3 is 15.5 Å². The second-order valence-corrected chi connectivity index (χ2v) is 12.5. The van der Waals surface area contributed by atoms with Gasteiger partial charge in [0.15, 0.2) is 0 Å². The summed E-state index contributed by atoms with van der Waals surface area (Å²) in [4.78, 5) is 66.1. The molecule has 2 aliphatic heterocycles. The van der Waals surface area contributed by atoms with Crippen molar-refractivity contribution in [1.82, 2.24) is 26.0 Å². The van der Waals surface area contributed by atoms with Crippen molar-refractivity contribution in [1.29, 1.82) is 0 Å². The molecule has 10 nitrogen and oxygen atoms in total. The number of carbonyl (C=O) groups excluding carboxylic acids is 5. The van der Waals surface area contributed by atoms with Crippen molar-refractivity contribution in [2.24, 2.45) is 35.0 Å². The van der Waals surface area contributed by atoms with Crippen LogP contribution in [0.25, 0.3) is 0 Å². The second-order valence-electron chi connectivity index (χ2n) is 12.1. The van der Waals surface area contributed by atoms with Gasteiger partial charge in [-0.1, -0.05) is 45.7 Å². The third-order valence-corrected chi connectivity index (χ3v) is 9.58. The summed E-state index contributed by atoms with van der Waals surface area (Å²) < 4.78 is 41.6. The molecule has 0 aromatic heterocycles.